The molecule has 118 valence electrons. The van der Waals surface area contributed by atoms with Gasteiger partial charge in [-0.2, -0.15) is 0 Å². The topological polar surface area (TPSA) is 77.0 Å². The maximum atomic E-state index is 12.9. The first-order chi connectivity index (χ1) is 10.4. The van der Waals surface area contributed by atoms with Gasteiger partial charge in [-0.15, -0.1) is 10.2 Å². The van der Waals surface area contributed by atoms with Gasteiger partial charge in [-0.1, -0.05) is 23.9 Å². The molecule has 1 aromatic heterocycles. The van der Waals surface area contributed by atoms with Crippen molar-refractivity contribution >= 4 is 17.7 Å². The zero-order chi connectivity index (χ0) is 16.3. The number of carbonyl (C=O) groups is 1. The van der Waals surface area contributed by atoms with Gasteiger partial charge in [-0.3, -0.25) is 4.79 Å². The number of amides is 1. The molecule has 0 bridgehead atoms. The molecule has 0 spiro atoms. The van der Waals surface area contributed by atoms with E-state index in [-0.39, 0.29) is 17.0 Å². The highest BCUT2D eigenvalue weighted by atomic mass is 32.2. The normalized spacial score (nSPS) is 12.2. The number of halogens is 1. The van der Waals surface area contributed by atoms with Crippen LogP contribution in [0.25, 0.3) is 0 Å². The van der Waals surface area contributed by atoms with Crippen molar-refractivity contribution in [1.82, 2.24) is 19.8 Å². The Hall–Kier alpha value is -2.09. The molecule has 0 fully saturated rings. The van der Waals surface area contributed by atoms with Crippen molar-refractivity contribution in [1.29, 1.82) is 0 Å². The van der Waals surface area contributed by atoms with Gasteiger partial charge >= 0.3 is 0 Å². The van der Waals surface area contributed by atoms with Gasteiger partial charge in [0.05, 0.1) is 5.25 Å². The van der Waals surface area contributed by atoms with Gasteiger partial charge in [0.2, 0.25) is 11.1 Å². The number of nitrogens with two attached hydrogens (primary N) is 1. The number of rotatable bonds is 5. The lowest BCUT2D eigenvalue weighted by Crippen LogP contribution is -2.30. The Balaban J connectivity index is 2.09. The van der Waals surface area contributed by atoms with Crippen LogP contribution in [0.5, 0.6) is 0 Å². The molecule has 2 aromatic rings. The molecule has 2 rings (SSSR count). The van der Waals surface area contributed by atoms with Crippen molar-refractivity contribution in [3.05, 3.63) is 41.5 Å². The van der Waals surface area contributed by atoms with Crippen LogP contribution in [0.4, 0.5) is 4.39 Å². The minimum Gasteiger partial charge on any atom is -0.348 e. The van der Waals surface area contributed by atoms with Crippen molar-refractivity contribution in [2.24, 2.45) is 0 Å². The third-order valence-corrected chi connectivity index (χ3v) is 4.13. The summed E-state index contributed by atoms with van der Waals surface area (Å²) < 4.78 is 14.3. The van der Waals surface area contributed by atoms with Gasteiger partial charge < -0.3 is 10.7 Å². The van der Waals surface area contributed by atoms with E-state index in [4.69, 9.17) is 5.84 Å². The van der Waals surface area contributed by atoms with E-state index in [1.807, 2.05) is 0 Å². The van der Waals surface area contributed by atoms with Crippen molar-refractivity contribution in [3.63, 3.8) is 0 Å². The first-order valence-electron chi connectivity index (χ1n) is 6.70. The third-order valence-electron chi connectivity index (χ3n) is 3.08. The van der Waals surface area contributed by atoms with Crippen LogP contribution in [-0.2, 0) is 11.2 Å². The Morgan fingerprint density at radius 1 is 1.36 bits per heavy atom. The number of thioether (sulfide) groups is 1. The van der Waals surface area contributed by atoms with Gasteiger partial charge in [0.1, 0.15) is 5.82 Å². The second-order valence-corrected chi connectivity index (χ2v) is 6.37. The minimum atomic E-state index is -0.305. The average molecular weight is 323 g/mol. The van der Waals surface area contributed by atoms with Crippen LogP contribution < -0.4 is 5.84 Å². The smallest absolute Gasteiger partial charge is 0.235 e. The summed E-state index contributed by atoms with van der Waals surface area (Å²) in [4.78, 5) is 13.4. The number of hydrogen-bond acceptors (Lipinski definition) is 5. The Morgan fingerprint density at radius 2 is 2.00 bits per heavy atom. The first-order valence-corrected chi connectivity index (χ1v) is 7.58. The molecule has 1 aromatic carbocycles. The van der Waals surface area contributed by atoms with Crippen LogP contribution in [-0.4, -0.2) is 45.0 Å². The van der Waals surface area contributed by atoms with E-state index in [0.29, 0.717) is 17.4 Å². The highest BCUT2D eigenvalue weighted by Gasteiger charge is 2.20. The average Bonchev–Trinajstić information content (AvgIpc) is 2.81. The molecule has 1 amide bonds. The Labute approximate surface area is 132 Å². The lowest BCUT2D eigenvalue weighted by molar-refractivity contribution is -0.127. The molecule has 8 heteroatoms. The number of carbonyl (C=O) groups excluding carboxylic acids is 1. The van der Waals surface area contributed by atoms with E-state index < -0.39 is 0 Å². The highest BCUT2D eigenvalue weighted by Crippen LogP contribution is 2.22. The lowest BCUT2D eigenvalue weighted by atomic mass is 10.1. The lowest BCUT2D eigenvalue weighted by Gasteiger charge is -2.15. The molecule has 1 atom stereocenters. The Morgan fingerprint density at radius 3 is 2.59 bits per heavy atom. The zero-order valence-corrected chi connectivity index (χ0v) is 13.5. The van der Waals surface area contributed by atoms with Crippen LogP contribution in [0.3, 0.4) is 0 Å². The number of aromatic nitrogens is 3. The van der Waals surface area contributed by atoms with Crippen LogP contribution >= 0.6 is 11.8 Å². The molecule has 2 N–H and O–H groups in total. The third kappa shape index (κ3) is 3.76. The van der Waals surface area contributed by atoms with Crippen LogP contribution in [0.1, 0.15) is 18.3 Å². The molecular formula is C14H18FN5OS. The number of benzene rings is 1. The second-order valence-electron chi connectivity index (χ2n) is 5.06. The number of nitrogens with zero attached hydrogens (tertiary/aromatic N) is 4. The number of nitrogen functional groups attached to an aromatic ring is 1. The largest absolute Gasteiger partial charge is 0.348 e. The molecule has 0 radical (unpaired) electrons. The van der Waals surface area contributed by atoms with Crippen LogP contribution in [0.2, 0.25) is 0 Å². The molecule has 0 saturated heterocycles. The molecule has 6 nitrogen and oxygen atoms in total. The molecule has 0 aliphatic rings. The van der Waals surface area contributed by atoms with E-state index in [1.54, 1.807) is 33.2 Å². The van der Waals surface area contributed by atoms with Crippen molar-refractivity contribution in [2.45, 2.75) is 23.8 Å². The zero-order valence-electron chi connectivity index (χ0n) is 12.7. The standard InChI is InChI=1S/C14H18FN5OS/c1-9(13(21)19(2)3)22-14-18-17-12(20(14)16)8-10-4-6-11(15)7-5-10/h4-7,9H,8,16H2,1-3H3/t9-/m0/s1. The van der Waals surface area contributed by atoms with Crippen molar-refractivity contribution in [3.8, 4) is 0 Å². The molecule has 0 aliphatic carbocycles. The first kappa shape index (κ1) is 16.3. The SMILES string of the molecule is C[C@H](Sc1nnc(Cc2ccc(F)cc2)n1N)C(=O)N(C)C. The maximum absolute atomic E-state index is 12.9. The fourth-order valence-corrected chi connectivity index (χ4v) is 2.80. The van der Waals surface area contributed by atoms with Crippen LogP contribution in [0.15, 0.2) is 29.4 Å². The highest BCUT2D eigenvalue weighted by molar-refractivity contribution is 8.00. The van der Waals surface area contributed by atoms with Gasteiger partial charge in [0, 0.05) is 20.5 Å². The summed E-state index contributed by atoms with van der Waals surface area (Å²) in [5.41, 5.74) is 0.884. The monoisotopic (exact) mass is 323 g/mol. The molecular weight excluding hydrogens is 305 g/mol. The predicted octanol–water partition coefficient (Wildman–Crippen LogP) is 1.29. The summed E-state index contributed by atoms with van der Waals surface area (Å²) in [5, 5.41) is 8.22. The van der Waals surface area contributed by atoms with E-state index in [0.717, 1.165) is 5.56 Å². The van der Waals surface area contributed by atoms with E-state index in [2.05, 4.69) is 10.2 Å². The quantitative estimate of drug-likeness (QED) is 0.663. The van der Waals surface area contributed by atoms with E-state index >= 15 is 0 Å². The maximum Gasteiger partial charge on any atom is 0.235 e. The van der Waals surface area contributed by atoms with Gasteiger partial charge in [0.15, 0.2) is 5.82 Å². The summed E-state index contributed by atoms with van der Waals surface area (Å²) in [6, 6.07) is 6.13. The summed E-state index contributed by atoms with van der Waals surface area (Å²) in [6.07, 6.45) is 0.445. The van der Waals surface area contributed by atoms with Gasteiger partial charge in [-0.25, -0.2) is 9.07 Å². The van der Waals surface area contributed by atoms with Gasteiger partial charge in [-0.05, 0) is 24.6 Å². The summed E-state index contributed by atoms with van der Waals surface area (Å²) >= 11 is 1.25. The second kappa shape index (κ2) is 6.78. The van der Waals surface area contributed by atoms with Crippen molar-refractivity contribution < 1.29 is 9.18 Å². The molecule has 0 aliphatic heterocycles. The molecule has 0 saturated carbocycles. The minimum absolute atomic E-state index is 0.0203. The molecule has 0 unspecified atom stereocenters. The summed E-state index contributed by atoms with van der Waals surface area (Å²) in [7, 11) is 3.40. The number of hydrogen-bond donors (Lipinski definition) is 1. The Bertz CT molecular complexity index is 656. The molecule has 22 heavy (non-hydrogen) atoms. The van der Waals surface area contributed by atoms with Crippen LogP contribution in [0, 0.1) is 5.82 Å². The fraction of sp³-hybridized carbons (Fsp3) is 0.357. The van der Waals surface area contributed by atoms with Crippen molar-refractivity contribution in [2.75, 3.05) is 19.9 Å². The van der Waals surface area contributed by atoms with Gasteiger partial charge in [0.25, 0.3) is 0 Å². The van der Waals surface area contributed by atoms with E-state index in [1.165, 1.54) is 33.5 Å². The summed E-state index contributed by atoms with van der Waals surface area (Å²) in [6.45, 7) is 1.79. The summed E-state index contributed by atoms with van der Waals surface area (Å²) in [5.74, 6) is 6.22. The fourth-order valence-electron chi connectivity index (χ4n) is 1.87. The molecule has 1 heterocycles. The van der Waals surface area contributed by atoms with E-state index in [9.17, 15) is 9.18 Å². The Kier molecular flexibility index (Phi) is 5.02. The predicted molar refractivity (Wildman–Crippen MR) is 83.4 cm³/mol.